The summed E-state index contributed by atoms with van der Waals surface area (Å²) in [5.41, 5.74) is 1.04. The van der Waals surface area contributed by atoms with E-state index in [1.807, 2.05) is 42.5 Å². The Bertz CT molecular complexity index is 1520. The minimum absolute atomic E-state index is 0.0200. The molecule has 2 aromatic carbocycles. The first-order chi connectivity index (χ1) is 21.0. The molecule has 4 atom stereocenters. The van der Waals surface area contributed by atoms with Crippen LogP contribution >= 0.6 is 0 Å². The lowest BCUT2D eigenvalue weighted by atomic mass is 9.97. The van der Waals surface area contributed by atoms with Crippen molar-refractivity contribution in [2.75, 3.05) is 12.0 Å². The van der Waals surface area contributed by atoms with Gasteiger partial charge in [0.2, 0.25) is 23.6 Å². The molecule has 246 valence electrons. The van der Waals surface area contributed by atoms with Crippen LogP contribution in [0.4, 0.5) is 0 Å². The van der Waals surface area contributed by atoms with Crippen LogP contribution < -0.4 is 21.3 Å². The van der Waals surface area contributed by atoms with E-state index in [0.29, 0.717) is 12.8 Å². The van der Waals surface area contributed by atoms with Gasteiger partial charge in [-0.15, -0.1) is 0 Å². The van der Waals surface area contributed by atoms with Gasteiger partial charge in [0.1, 0.15) is 28.0 Å². The highest BCUT2D eigenvalue weighted by atomic mass is 32.2. The van der Waals surface area contributed by atoms with Gasteiger partial charge < -0.3 is 26.4 Å². The predicted molar refractivity (Wildman–Crippen MR) is 168 cm³/mol. The summed E-state index contributed by atoms with van der Waals surface area (Å²) in [5.74, 6) is -6.08. The van der Waals surface area contributed by atoms with Gasteiger partial charge in [0.25, 0.3) is 0 Å². The number of sulfone groups is 1. The monoisotopic (exact) mass is 646 g/mol. The normalized spacial score (nSPS) is 14.1. The van der Waals surface area contributed by atoms with Crippen molar-refractivity contribution in [1.29, 1.82) is 0 Å². The molecule has 0 saturated carbocycles. The third kappa shape index (κ3) is 12.3. The molecule has 2 aromatic rings. The SMILES string of the molecule is CC(=O)NC(CS(C)(=O)=O)C(=O)NC(C)C(=O)NC(C(=O)NC(CC(=O)O)C(=O)CCCc1cccc2ccccc12)C(C)C. The Labute approximate surface area is 262 Å². The van der Waals surface area contributed by atoms with E-state index in [2.05, 4.69) is 21.3 Å². The van der Waals surface area contributed by atoms with Crippen molar-refractivity contribution < 1.29 is 42.3 Å². The van der Waals surface area contributed by atoms with Gasteiger partial charge in [-0.05, 0) is 42.0 Å². The molecule has 0 spiro atoms. The zero-order chi connectivity index (χ0) is 33.9. The Morgan fingerprint density at radius 2 is 1.44 bits per heavy atom. The lowest BCUT2D eigenvalue weighted by molar-refractivity contribution is -0.141. The molecule has 0 radical (unpaired) electrons. The zero-order valence-corrected chi connectivity index (χ0v) is 26.9. The Balaban J connectivity index is 2.06. The van der Waals surface area contributed by atoms with Crippen LogP contribution in [0.2, 0.25) is 0 Å². The molecule has 0 heterocycles. The molecule has 0 aliphatic carbocycles. The van der Waals surface area contributed by atoms with Crippen molar-refractivity contribution in [3.63, 3.8) is 0 Å². The number of aryl methyl sites for hydroxylation is 1. The molecular weight excluding hydrogens is 604 g/mol. The molecule has 2 rings (SSSR count). The number of benzene rings is 2. The van der Waals surface area contributed by atoms with Crippen LogP contribution in [0.1, 0.15) is 52.5 Å². The predicted octanol–water partition coefficient (Wildman–Crippen LogP) is 0.886. The number of aliphatic carboxylic acids is 1. The number of carbonyl (C=O) groups excluding carboxylic acids is 5. The number of amides is 4. The Morgan fingerprint density at radius 3 is 2.04 bits per heavy atom. The number of hydrogen-bond acceptors (Lipinski definition) is 8. The molecule has 0 aliphatic rings. The molecule has 45 heavy (non-hydrogen) atoms. The van der Waals surface area contributed by atoms with Gasteiger partial charge in [0.15, 0.2) is 5.78 Å². The lowest BCUT2D eigenvalue weighted by Gasteiger charge is -2.26. The zero-order valence-electron chi connectivity index (χ0n) is 26.1. The van der Waals surface area contributed by atoms with Gasteiger partial charge in [0, 0.05) is 19.6 Å². The van der Waals surface area contributed by atoms with E-state index in [9.17, 15) is 42.3 Å². The molecule has 5 N–H and O–H groups in total. The summed E-state index contributed by atoms with van der Waals surface area (Å²) >= 11 is 0. The van der Waals surface area contributed by atoms with Crippen molar-refractivity contribution in [2.45, 2.75) is 77.5 Å². The molecule has 4 amide bonds. The second kappa shape index (κ2) is 16.7. The smallest absolute Gasteiger partial charge is 0.305 e. The summed E-state index contributed by atoms with van der Waals surface area (Å²) in [6.07, 6.45) is 1.27. The van der Waals surface area contributed by atoms with Crippen molar-refractivity contribution in [1.82, 2.24) is 21.3 Å². The second-order valence-electron chi connectivity index (χ2n) is 11.4. The minimum atomic E-state index is -3.67. The van der Waals surface area contributed by atoms with E-state index in [-0.39, 0.29) is 6.42 Å². The van der Waals surface area contributed by atoms with Gasteiger partial charge in [0.05, 0.1) is 18.2 Å². The molecule has 0 fully saturated rings. The molecule has 14 heteroatoms. The number of ketones is 1. The summed E-state index contributed by atoms with van der Waals surface area (Å²) in [7, 11) is -3.67. The largest absolute Gasteiger partial charge is 0.481 e. The highest BCUT2D eigenvalue weighted by Crippen LogP contribution is 2.20. The summed E-state index contributed by atoms with van der Waals surface area (Å²) in [4.78, 5) is 74.9. The first-order valence-electron chi connectivity index (χ1n) is 14.6. The van der Waals surface area contributed by atoms with Gasteiger partial charge in [-0.3, -0.25) is 28.8 Å². The first kappa shape index (κ1) is 36.9. The highest BCUT2D eigenvalue weighted by molar-refractivity contribution is 7.90. The van der Waals surface area contributed by atoms with Crippen LogP contribution in [0.5, 0.6) is 0 Å². The number of nitrogens with one attached hydrogen (secondary N) is 4. The molecule has 0 bridgehead atoms. The number of hydrogen-bond donors (Lipinski definition) is 5. The van der Waals surface area contributed by atoms with E-state index in [4.69, 9.17) is 0 Å². The molecule has 13 nitrogen and oxygen atoms in total. The van der Waals surface area contributed by atoms with Crippen LogP contribution in [0.15, 0.2) is 42.5 Å². The summed E-state index contributed by atoms with van der Waals surface area (Å²) in [5, 5.41) is 21.1. The van der Waals surface area contributed by atoms with Crippen molar-refractivity contribution in [3.05, 3.63) is 48.0 Å². The molecular formula is C31H42N4O9S. The van der Waals surface area contributed by atoms with E-state index in [0.717, 1.165) is 29.5 Å². The lowest BCUT2D eigenvalue weighted by Crippen LogP contribution is -2.58. The average molecular weight is 647 g/mol. The molecule has 0 aliphatic heterocycles. The Morgan fingerprint density at radius 1 is 0.800 bits per heavy atom. The van der Waals surface area contributed by atoms with Crippen LogP contribution in [-0.4, -0.2) is 85.1 Å². The summed E-state index contributed by atoms with van der Waals surface area (Å²) in [6, 6.07) is 8.51. The maximum atomic E-state index is 13.2. The Hall–Kier alpha value is -4.33. The number of carbonyl (C=O) groups is 6. The molecule has 4 unspecified atom stereocenters. The van der Waals surface area contributed by atoms with Crippen LogP contribution in [0, 0.1) is 5.92 Å². The number of carboxylic acid groups (broad SMARTS) is 1. The second-order valence-corrected chi connectivity index (χ2v) is 13.6. The van der Waals surface area contributed by atoms with E-state index >= 15 is 0 Å². The molecule has 0 aromatic heterocycles. The van der Waals surface area contributed by atoms with Crippen LogP contribution in [0.3, 0.4) is 0 Å². The summed E-state index contributed by atoms with van der Waals surface area (Å²) < 4.78 is 23.4. The van der Waals surface area contributed by atoms with E-state index in [1.54, 1.807) is 13.8 Å². The maximum absolute atomic E-state index is 13.2. The minimum Gasteiger partial charge on any atom is -0.481 e. The fourth-order valence-electron chi connectivity index (χ4n) is 4.74. The number of Topliss-reactive ketones (excluding diaryl/α,β-unsaturated/α-hetero) is 1. The number of rotatable bonds is 17. The van der Waals surface area contributed by atoms with Crippen LogP contribution in [-0.2, 0) is 45.0 Å². The standard InChI is InChI=1S/C31H42N4O9S/c1-18(2)28(35-29(40)19(3)32-30(41)25(33-20(4)36)17-45(5,43)44)31(42)34-24(16-27(38)39)26(37)15-9-13-22-12-8-11-21-10-6-7-14-23(21)22/h6-8,10-12,14,18-19,24-25,28H,9,13,15-17H2,1-5H3,(H,32,41)(H,33,36)(H,34,42)(H,35,40)(H,38,39). The van der Waals surface area contributed by atoms with Gasteiger partial charge in [-0.2, -0.15) is 0 Å². The summed E-state index contributed by atoms with van der Waals surface area (Å²) in [6.45, 7) is 5.67. The van der Waals surface area contributed by atoms with Crippen molar-refractivity contribution >= 4 is 56.0 Å². The fraction of sp³-hybridized carbons (Fsp3) is 0.484. The fourth-order valence-corrected chi connectivity index (χ4v) is 5.58. The average Bonchev–Trinajstić information content (AvgIpc) is 2.93. The quantitative estimate of drug-likeness (QED) is 0.165. The van der Waals surface area contributed by atoms with Crippen LogP contribution in [0.25, 0.3) is 10.8 Å². The third-order valence-corrected chi connectivity index (χ3v) is 7.93. The topological polar surface area (TPSA) is 205 Å². The highest BCUT2D eigenvalue weighted by Gasteiger charge is 2.32. The molecule has 0 saturated heterocycles. The van der Waals surface area contributed by atoms with E-state index in [1.165, 1.54) is 6.92 Å². The number of fused-ring (bicyclic) bond motifs is 1. The van der Waals surface area contributed by atoms with Crippen molar-refractivity contribution in [2.24, 2.45) is 5.92 Å². The van der Waals surface area contributed by atoms with E-state index < -0.39 is 87.5 Å². The number of carboxylic acids is 1. The first-order valence-corrected chi connectivity index (χ1v) is 16.6. The van der Waals surface area contributed by atoms with Gasteiger partial charge in [-0.25, -0.2) is 8.42 Å². The maximum Gasteiger partial charge on any atom is 0.305 e. The van der Waals surface area contributed by atoms with Gasteiger partial charge >= 0.3 is 5.97 Å². The Kier molecular flexibility index (Phi) is 13.6. The van der Waals surface area contributed by atoms with Crippen molar-refractivity contribution in [3.8, 4) is 0 Å². The van der Waals surface area contributed by atoms with Gasteiger partial charge in [-0.1, -0.05) is 56.3 Å². The third-order valence-electron chi connectivity index (χ3n) is 7.00.